The van der Waals surface area contributed by atoms with Crippen molar-refractivity contribution in [1.29, 1.82) is 0 Å². The minimum Gasteiger partial charge on any atom is -0.385 e. The summed E-state index contributed by atoms with van der Waals surface area (Å²) >= 11 is 0. The number of ether oxygens (including phenoxy) is 1. The molecule has 2 rings (SSSR count). The van der Waals surface area contributed by atoms with Gasteiger partial charge in [0.15, 0.2) is 5.78 Å². The summed E-state index contributed by atoms with van der Waals surface area (Å²) in [5.41, 5.74) is 2.33. The second-order valence-electron chi connectivity index (χ2n) is 5.45. The molecule has 104 valence electrons. The first-order valence-corrected chi connectivity index (χ1v) is 7.05. The third-order valence-corrected chi connectivity index (χ3v) is 3.99. The number of rotatable bonds is 8. The number of hydrogen-bond acceptors (Lipinski definition) is 3. The number of carbonyl (C=O) groups is 1. The first kappa shape index (κ1) is 14.1. The first-order valence-electron chi connectivity index (χ1n) is 7.05. The maximum absolute atomic E-state index is 11.5. The monoisotopic (exact) mass is 261 g/mol. The molecule has 1 saturated carbocycles. The standard InChI is InChI=1S/C16H23NO2/c1-3-15(18)13-4-6-14(7-5-13)17-12-16(8-9-16)10-11-19-2/h4-7,17H,3,8-12H2,1-2H3. The number of methoxy groups -OCH3 is 1. The highest BCUT2D eigenvalue weighted by atomic mass is 16.5. The van der Waals surface area contributed by atoms with Crippen LogP contribution in [-0.4, -0.2) is 26.0 Å². The number of nitrogens with one attached hydrogen (secondary N) is 1. The van der Waals surface area contributed by atoms with E-state index in [1.165, 1.54) is 12.8 Å². The number of carbonyl (C=O) groups excluding carboxylic acids is 1. The van der Waals surface area contributed by atoms with Gasteiger partial charge in [0, 0.05) is 37.9 Å². The first-order chi connectivity index (χ1) is 9.19. The van der Waals surface area contributed by atoms with Gasteiger partial charge in [0.25, 0.3) is 0 Å². The maximum Gasteiger partial charge on any atom is 0.162 e. The van der Waals surface area contributed by atoms with Crippen molar-refractivity contribution >= 4 is 11.5 Å². The Morgan fingerprint density at radius 1 is 1.32 bits per heavy atom. The molecule has 1 aliphatic carbocycles. The van der Waals surface area contributed by atoms with E-state index in [0.29, 0.717) is 11.8 Å². The quantitative estimate of drug-likeness (QED) is 0.728. The predicted octanol–water partition coefficient (Wildman–Crippen LogP) is 3.51. The third-order valence-electron chi connectivity index (χ3n) is 3.99. The van der Waals surface area contributed by atoms with Crippen LogP contribution in [-0.2, 0) is 4.74 Å². The summed E-state index contributed by atoms with van der Waals surface area (Å²) in [7, 11) is 1.76. The predicted molar refractivity (Wildman–Crippen MR) is 77.7 cm³/mol. The molecule has 19 heavy (non-hydrogen) atoms. The molecule has 0 unspecified atom stereocenters. The third kappa shape index (κ3) is 3.80. The van der Waals surface area contributed by atoms with Gasteiger partial charge in [-0.2, -0.15) is 0 Å². The van der Waals surface area contributed by atoms with E-state index >= 15 is 0 Å². The number of anilines is 1. The van der Waals surface area contributed by atoms with Crippen molar-refractivity contribution in [2.75, 3.05) is 25.6 Å². The van der Waals surface area contributed by atoms with Crippen molar-refractivity contribution < 1.29 is 9.53 Å². The molecule has 0 aliphatic heterocycles. The van der Waals surface area contributed by atoms with Crippen LogP contribution < -0.4 is 5.32 Å². The van der Waals surface area contributed by atoms with Crippen LogP contribution in [0.4, 0.5) is 5.69 Å². The Balaban J connectivity index is 1.85. The normalized spacial score (nSPS) is 16.1. The Hall–Kier alpha value is -1.35. The van der Waals surface area contributed by atoms with Gasteiger partial charge in [-0.3, -0.25) is 4.79 Å². The van der Waals surface area contributed by atoms with Gasteiger partial charge in [-0.15, -0.1) is 0 Å². The zero-order valence-electron chi connectivity index (χ0n) is 11.9. The van der Waals surface area contributed by atoms with E-state index in [9.17, 15) is 4.79 Å². The minimum atomic E-state index is 0.199. The molecular formula is C16H23NO2. The van der Waals surface area contributed by atoms with Crippen LogP contribution in [0.25, 0.3) is 0 Å². The Bertz CT molecular complexity index is 421. The second-order valence-corrected chi connectivity index (χ2v) is 5.45. The Morgan fingerprint density at radius 3 is 2.53 bits per heavy atom. The largest absolute Gasteiger partial charge is 0.385 e. The van der Waals surface area contributed by atoms with E-state index < -0.39 is 0 Å². The molecule has 0 heterocycles. The number of ketones is 1. The van der Waals surface area contributed by atoms with Crippen molar-refractivity contribution in [2.24, 2.45) is 5.41 Å². The molecular weight excluding hydrogens is 238 g/mol. The highest BCUT2D eigenvalue weighted by Gasteiger charge is 2.41. The molecule has 0 atom stereocenters. The summed E-state index contributed by atoms with van der Waals surface area (Å²) in [6.45, 7) is 3.73. The highest BCUT2D eigenvalue weighted by Crippen LogP contribution is 2.48. The molecule has 0 aromatic heterocycles. The summed E-state index contributed by atoms with van der Waals surface area (Å²) in [6.07, 6.45) is 4.27. The zero-order chi connectivity index (χ0) is 13.7. The van der Waals surface area contributed by atoms with E-state index in [-0.39, 0.29) is 5.78 Å². The molecule has 1 aromatic carbocycles. The van der Waals surface area contributed by atoms with Crippen LogP contribution in [0, 0.1) is 5.41 Å². The van der Waals surface area contributed by atoms with Crippen molar-refractivity contribution in [2.45, 2.75) is 32.6 Å². The number of Topliss-reactive ketones (excluding diaryl/α,β-unsaturated/α-hetero) is 1. The molecule has 1 aromatic rings. The molecule has 1 aliphatic rings. The maximum atomic E-state index is 11.5. The summed E-state index contributed by atoms with van der Waals surface area (Å²) in [5.74, 6) is 0.199. The van der Waals surface area contributed by atoms with E-state index in [1.54, 1.807) is 7.11 Å². The van der Waals surface area contributed by atoms with Gasteiger partial charge < -0.3 is 10.1 Å². The Kier molecular flexibility index (Phi) is 4.59. The van der Waals surface area contributed by atoms with Gasteiger partial charge >= 0.3 is 0 Å². The lowest BCUT2D eigenvalue weighted by Gasteiger charge is -2.16. The fourth-order valence-corrected chi connectivity index (χ4v) is 2.28. The molecule has 1 fully saturated rings. The zero-order valence-corrected chi connectivity index (χ0v) is 11.9. The summed E-state index contributed by atoms with van der Waals surface area (Å²) in [4.78, 5) is 11.5. The lowest BCUT2D eigenvalue weighted by Crippen LogP contribution is -2.17. The average Bonchev–Trinajstić information content (AvgIpc) is 3.23. The van der Waals surface area contributed by atoms with Gasteiger partial charge in [0.2, 0.25) is 0 Å². The van der Waals surface area contributed by atoms with Crippen LogP contribution in [0.2, 0.25) is 0 Å². The molecule has 3 nitrogen and oxygen atoms in total. The Morgan fingerprint density at radius 2 is 2.00 bits per heavy atom. The fourth-order valence-electron chi connectivity index (χ4n) is 2.28. The lowest BCUT2D eigenvalue weighted by molar-refractivity contribution is 0.0988. The van der Waals surface area contributed by atoms with E-state index in [4.69, 9.17) is 4.74 Å². The molecule has 3 heteroatoms. The summed E-state index contributed by atoms with van der Waals surface area (Å²) in [5, 5.41) is 3.47. The van der Waals surface area contributed by atoms with Crippen LogP contribution in [0.5, 0.6) is 0 Å². The molecule has 0 saturated heterocycles. The SMILES string of the molecule is CCC(=O)c1ccc(NCC2(CCOC)CC2)cc1. The smallest absolute Gasteiger partial charge is 0.162 e. The molecule has 0 bridgehead atoms. The molecule has 0 amide bonds. The van der Waals surface area contributed by atoms with Crippen LogP contribution in [0.15, 0.2) is 24.3 Å². The second kappa shape index (κ2) is 6.20. The topological polar surface area (TPSA) is 38.3 Å². The van der Waals surface area contributed by atoms with Gasteiger partial charge in [-0.25, -0.2) is 0 Å². The highest BCUT2D eigenvalue weighted by molar-refractivity contribution is 5.96. The van der Waals surface area contributed by atoms with Gasteiger partial charge in [-0.05, 0) is 48.9 Å². The lowest BCUT2D eigenvalue weighted by atomic mass is 10.0. The van der Waals surface area contributed by atoms with Gasteiger partial charge in [0.1, 0.15) is 0 Å². The Labute approximate surface area is 115 Å². The van der Waals surface area contributed by atoms with E-state index in [1.807, 2.05) is 31.2 Å². The molecule has 1 N–H and O–H groups in total. The molecule has 0 spiro atoms. The van der Waals surface area contributed by atoms with Crippen LogP contribution in [0.3, 0.4) is 0 Å². The summed E-state index contributed by atoms with van der Waals surface area (Å²) in [6, 6.07) is 7.80. The van der Waals surface area contributed by atoms with Crippen LogP contribution >= 0.6 is 0 Å². The van der Waals surface area contributed by atoms with Gasteiger partial charge in [-0.1, -0.05) is 6.92 Å². The van der Waals surface area contributed by atoms with Crippen molar-refractivity contribution in [3.8, 4) is 0 Å². The van der Waals surface area contributed by atoms with E-state index in [0.717, 1.165) is 30.8 Å². The summed E-state index contributed by atoms with van der Waals surface area (Å²) < 4.78 is 5.16. The average molecular weight is 261 g/mol. The van der Waals surface area contributed by atoms with E-state index in [2.05, 4.69) is 5.32 Å². The van der Waals surface area contributed by atoms with Gasteiger partial charge in [0.05, 0.1) is 0 Å². The number of hydrogen-bond donors (Lipinski definition) is 1. The van der Waals surface area contributed by atoms with Crippen LogP contribution in [0.1, 0.15) is 43.0 Å². The number of benzene rings is 1. The minimum absolute atomic E-state index is 0.199. The van der Waals surface area contributed by atoms with Crippen molar-refractivity contribution in [3.05, 3.63) is 29.8 Å². The fraction of sp³-hybridized carbons (Fsp3) is 0.562. The van der Waals surface area contributed by atoms with Crippen molar-refractivity contribution in [3.63, 3.8) is 0 Å². The van der Waals surface area contributed by atoms with Crippen molar-refractivity contribution in [1.82, 2.24) is 0 Å². The molecule has 0 radical (unpaired) electrons.